The van der Waals surface area contributed by atoms with Gasteiger partial charge in [0.1, 0.15) is 0 Å². The molecule has 0 aliphatic rings. The lowest BCUT2D eigenvalue weighted by Crippen LogP contribution is -2.10. The quantitative estimate of drug-likeness (QED) is 0.206. The Hall–Kier alpha value is -3.38. The van der Waals surface area contributed by atoms with Crippen LogP contribution in [0.5, 0.6) is 0 Å². The largest absolute Gasteiger partial charge is 0.0579 e. The lowest BCUT2D eigenvalue weighted by atomic mass is 9.83. The monoisotopic (exact) mass is 440 g/mol. The van der Waals surface area contributed by atoms with Crippen molar-refractivity contribution in [2.45, 2.75) is 52.4 Å². The molecule has 0 saturated carbocycles. The molecule has 0 nitrogen and oxygen atoms in total. The molecule has 0 unspecified atom stereocenters. The Bertz CT molecular complexity index is 1610. The summed E-state index contributed by atoms with van der Waals surface area (Å²) in [5.41, 5.74) is 2.98. The Morgan fingerprint density at radius 1 is 0.353 bits per heavy atom. The fourth-order valence-corrected chi connectivity index (χ4v) is 5.44. The van der Waals surface area contributed by atoms with Crippen molar-refractivity contribution in [2.75, 3.05) is 0 Å². The standard InChI is InChI=1S/C34H32/c1-33(2,3)26-17-15-21-7-9-23-11-13-25-14-12-24-10-8-22-16-18-27(34(4,5)6)20-29(22)31(24)32(25)30(23)28(21)19-26/h7-20H,1-6H3. The van der Waals surface area contributed by atoms with Crippen LogP contribution in [0.1, 0.15) is 52.7 Å². The van der Waals surface area contributed by atoms with Gasteiger partial charge in [0.05, 0.1) is 0 Å². The van der Waals surface area contributed by atoms with Crippen molar-refractivity contribution in [3.8, 4) is 0 Å². The van der Waals surface area contributed by atoms with E-state index in [1.165, 1.54) is 65.0 Å². The van der Waals surface area contributed by atoms with Gasteiger partial charge in [0.2, 0.25) is 0 Å². The molecular formula is C34H32. The number of benzene rings is 6. The van der Waals surface area contributed by atoms with Crippen LogP contribution in [0, 0.1) is 0 Å². The molecule has 0 saturated heterocycles. The van der Waals surface area contributed by atoms with Gasteiger partial charge in [0, 0.05) is 0 Å². The van der Waals surface area contributed by atoms with E-state index in [0.717, 1.165) is 0 Å². The SMILES string of the molecule is CC(C)(C)c1ccc2ccc3ccc4ccc5ccc6ccc(C(C)(C)C)cc6c5c4c3c2c1. The number of hydrogen-bond acceptors (Lipinski definition) is 0. The maximum absolute atomic E-state index is 2.43. The molecule has 0 atom stereocenters. The molecule has 6 aromatic rings. The van der Waals surface area contributed by atoms with Gasteiger partial charge in [-0.25, -0.2) is 0 Å². The summed E-state index contributed by atoms with van der Waals surface area (Å²) < 4.78 is 0. The highest BCUT2D eigenvalue weighted by molar-refractivity contribution is 6.32. The molecule has 0 aromatic heterocycles. The van der Waals surface area contributed by atoms with Crippen molar-refractivity contribution < 1.29 is 0 Å². The third kappa shape index (κ3) is 3.20. The van der Waals surface area contributed by atoms with Crippen molar-refractivity contribution in [3.63, 3.8) is 0 Å². The van der Waals surface area contributed by atoms with Gasteiger partial charge < -0.3 is 0 Å². The molecule has 0 N–H and O–H groups in total. The Balaban J connectivity index is 1.89. The minimum Gasteiger partial charge on any atom is -0.0579 e. The number of rotatable bonds is 0. The van der Waals surface area contributed by atoms with Crippen LogP contribution in [0.15, 0.2) is 84.9 Å². The molecule has 0 heteroatoms. The average molecular weight is 441 g/mol. The van der Waals surface area contributed by atoms with Gasteiger partial charge in [-0.2, -0.15) is 0 Å². The van der Waals surface area contributed by atoms with Gasteiger partial charge in [-0.05, 0) is 88.0 Å². The van der Waals surface area contributed by atoms with Crippen molar-refractivity contribution in [3.05, 3.63) is 96.1 Å². The maximum Gasteiger partial charge on any atom is -0.00143 e. The zero-order valence-corrected chi connectivity index (χ0v) is 21.1. The molecule has 34 heavy (non-hydrogen) atoms. The lowest BCUT2D eigenvalue weighted by molar-refractivity contribution is 0.591. The van der Waals surface area contributed by atoms with Gasteiger partial charge >= 0.3 is 0 Å². The normalized spacial score (nSPS) is 13.0. The summed E-state index contributed by atoms with van der Waals surface area (Å²) >= 11 is 0. The second-order valence-electron chi connectivity index (χ2n) is 11.9. The highest BCUT2D eigenvalue weighted by Crippen LogP contribution is 2.41. The van der Waals surface area contributed by atoms with E-state index in [-0.39, 0.29) is 10.8 Å². The molecule has 168 valence electrons. The Morgan fingerprint density at radius 2 is 0.647 bits per heavy atom. The molecule has 0 radical (unpaired) electrons. The van der Waals surface area contributed by atoms with E-state index in [9.17, 15) is 0 Å². The highest BCUT2D eigenvalue weighted by Gasteiger charge is 2.18. The van der Waals surface area contributed by atoms with Crippen molar-refractivity contribution in [1.82, 2.24) is 0 Å². The average Bonchev–Trinajstić information content (AvgIpc) is 2.81. The summed E-state index contributed by atoms with van der Waals surface area (Å²) in [5.74, 6) is 0. The van der Waals surface area contributed by atoms with Crippen LogP contribution >= 0.6 is 0 Å². The fourth-order valence-electron chi connectivity index (χ4n) is 5.44. The van der Waals surface area contributed by atoms with Gasteiger partial charge in [-0.15, -0.1) is 0 Å². The van der Waals surface area contributed by atoms with E-state index >= 15 is 0 Å². The second-order valence-corrected chi connectivity index (χ2v) is 11.9. The van der Waals surface area contributed by atoms with Gasteiger partial charge in [-0.1, -0.05) is 114 Å². The predicted octanol–water partition coefficient (Wildman–Crippen LogP) is 10.0. The summed E-state index contributed by atoms with van der Waals surface area (Å²) in [6, 6.07) is 32.4. The highest BCUT2D eigenvalue weighted by atomic mass is 14.2. The summed E-state index contributed by atoms with van der Waals surface area (Å²) in [4.78, 5) is 0. The van der Waals surface area contributed by atoms with E-state index in [4.69, 9.17) is 0 Å². The molecular weight excluding hydrogens is 408 g/mol. The topological polar surface area (TPSA) is 0 Å². The van der Waals surface area contributed by atoms with Crippen LogP contribution in [-0.4, -0.2) is 0 Å². The number of hydrogen-bond donors (Lipinski definition) is 0. The van der Waals surface area contributed by atoms with Gasteiger partial charge in [0.15, 0.2) is 0 Å². The van der Waals surface area contributed by atoms with Crippen LogP contribution in [0.25, 0.3) is 53.9 Å². The van der Waals surface area contributed by atoms with Gasteiger partial charge in [0.25, 0.3) is 0 Å². The van der Waals surface area contributed by atoms with Crippen LogP contribution in [-0.2, 0) is 10.8 Å². The fraction of sp³-hybridized carbons (Fsp3) is 0.235. The zero-order valence-electron chi connectivity index (χ0n) is 21.1. The summed E-state index contributed by atoms with van der Waals surface area (Å²) in [5, 5.41) is 13.4. The number of fused-ring (bicyclic) bond motifs is 9. The predicted molar refractivity (Wildman–Crippen MR) is 151 cm³/mol. The molecule has 6 aromatic carbocycles. The van der Waals surface area contributed by atoms with E-state index in [0.29, 0.717) is 0 Å². The smallest absolute Gasteiger partial charge is 0.00143 e. The minimum atomic E-state index is 0.108. The first-order valence-electron chi connectivity index (χ1n) is 12.4. The van der Waals surface area contributed by atoms with Crippen LogP contribution in [0.2, 0.25) is 0 Å². The van der Waals surface area contributed by atoms with E-state index in [2.05, 4.69) is 126 Å². The van der Waals surface area contributed by atoms with Crippen LogP contribution in [0.4, 0.5) is 0 Å². The molecule has 6 rings (SSSR count). The molecule has 0 aliphatic carbocycles. The lowest BCUT2D eigenvalue weighted by Gasteiger charge is -2.21. The van der Waals surface area contributed by atoms with Crippen molar-refractivity contribution in [1.29, 1.82) is 0 Å². The molecule has 0 heterocycles. The first-order chi connectivity index (χ1) is 16.1. The molecule has 0 amide bonds. The van der Waals surface area contributed by atoms with Crippen LogP contribution < -0.4 is 0 Å². The second kappa shape index (κ2) is 7.06. The molecule has 0 bridgehead atoms. The van der Waals surface area contributed by atoms with Crippen molar-refractivity contribution >= 4 is 53.9 Å². The Kier molecular flexibility index (Phi) is 4.40. The Labute approximate surface area is 202 Å². The maximum atomic E-state index is 2.43. The van der Waals surface area contributed by atoms with E-state index in [1.54, 1.807) is 0 Å². The van der Waals surface area contributed by atoms with Gasteiger partial charge in [-0.3, -0.25) is 0 Å². The minimum absolute atomic E-state index is 0.108. The Morgan fingerprint density at radius 3 is 1.00 bits per heavy atom. The first kappa shape index (κ1) is 21.2. The summed E-state index contributed by atoms with van der Waals surface area (Å²) in [6.07, 6.45) is 0. The van der Waals surface area contributed by atoms with Crippen LogP contribution in [0.3, 0.4) is 0 Å². The van der Waals surface area contributed by atoms with E-state index in [1.807, 2.05) is 0 Å². The van der Waals surface area contributed by atoms with E-state index < -0.39 is 0 Å². The zero-order chi connectivity index (χ0) is 23.8. The summed E-state index contributed by atoms with van der Waals surface area (Å²) in [6.45, 7) is 13.8. The van der Waals surface area contributed by atoms with Crippen molar-refractivity contribution in [2.24, 2.45) is 0 Å². The third-order valence-electron chi connectivity index (χ3n) is 7.51. The molecule has 0 spiro atoms. The molecule has 0 aliphatic heterocycles. The third-order valence-corrected chi connectivity index (χ3v) is 7.51. The first-order valence-corrected chi connectivity index (χ1v) is 12.4. The summed E-state index contributed by atoms with van der Waals surface area (Å²) in [7, 11) is 0. The molecule has 0 fully saturated rings.